The number of ether oxygens (including phenoxy) is 1. The molecule has 1 amide bonds. The van der Waals surface area contributed by atoms with Crippen molar-refractivity contribution in [1.82, 2.24) is 5.32 Å². The summed E-state index contributed by atoms with van der Waals surface area (Å²) in [5, 5.41) is 5.19. The van der Waals surface area contributed by atoms with Crippen molar-refractivity contribution in [3.05, 3.63) is 34.0 Å². The average molecular weight is 360 g/mol. The minimum Gasteiger partial charge on any atom is -0.381 e. The van der Waals surface area contributed by atoms with Gasteiger partial charge in [0.25, 0.3) is 5.91 Å². The van der Waals surface area contributed by atoms with Crippen molar-refractivity contribution in [2.24, 2.45) is 11.8 Å². The van der Waals surface area contributed by atoms with Gasteiger partial charge in [-0.2, -0.15) is 0 Å². The zero-order valence-corrected chi connectivity index (χ0v) is 15.7. The maximum absolute atomic E-state index is 12.4. The van der Waals surface area contributed by atoms with Crippen molar-refractivity contribution in [2.75, 3.05) is 13.2 Å². The van der Waals surface area contributed by atoms with Crippen LogP contribution in [-0.4, -0.2) is 25.2 Å². The fraction of sp³-hybridized carbons (Fsp3) is 0.667. The second-order valence-electron chi connectivity index (χ2n) is 7.94. The lowest BCUT2D eigenvalue weighted by atomic mass is 9.83. The largest absolute Gasteiger partial charge is 0.381 e. The van der Waals surface area contributed by atoms with Crippen molar-refractivity contribution in [3.63, 3.8) is 0 Å². The Morgan fingerprint density at radius 2 is 2.00 bits per heavy atom. The third kappa shape index (κ3) is 4.53. The summed E-state index contributed by atoms with van der Waals surface area (Å²) in [6.07, 6.45) is 14.7. The zero-order valence-electron chi connectivity index (χ0n) is 14.9. The SMILES string of the molecule is O=C(NC1CCOCC1)c1csc(C2CC2CC=CCC2CCC2)c1. The van der Waals surface area contributed by atoms with Crippen LogP contribution in [-0.2, 0) is 4.74 Å². The highest BCUT2D eigenvalue weighted by molar-refractivity contribution is 7.10. The molecule has 136 valence electrons. The lowest BCUT2D eigenvalue weighted by Crippen LogP contribution is -2.38. The van der Waals surface area contributed by atoms with Crippen LogP contribution in [0.15, 0.2) is 23.6 Å². The third-order valence-corrected chi connectivity index (χ3v) is 7.09. The summed E-state index contributed by atoms with van der Waals surface area (Å²) < 4.78 is 5.35. The fourth-order valence-corrected chi connectivity index (χ4v) is 5.02. The molecule has 2 atom stereocenters. The Morgan fingerprint density at radius 1 is 1.20 bits per heavy atom. The van der Waals surface area contributed by atoms with Gasteiger partial charge in [0.15, 0.2) is 0 Å². The molecule has 0 radical (unpaired) electrons. The molecule has 1 aliphatic heterocycles. The smallest absolute Gasteiger partial charge is 0.252 e. The van der Waals surface area contributed by atoms with Crippen LogP contribution in [0.3, 0.4) is 0 Å². The number of amides is 1. The van der Waals surface area contributed by atoms with Gasteiger partial charge in [0, 0.05) is 29.5 Å². The van der Waals surface area contributed by atoms with Crippen LogP contribution in [0, 0.1) is 11.8 Å². The summed E-state index contributed by atoms with van der Waals surface area (Å²) >= 11 is 1.76. The second-order valence-corrected chi connectivity index (χ2v) is 8.88. The predicted octanol–water partition coefficient (Wildman–Crippen LogP) is 4.90. The van der Waals surface area contributed by atoms with Gasteiger partial charge < -0.3 is 10.1 Å². The molecular weight excluding hydrogens is 330 g/mol. The normalized spacial score (nSPS) is 27.4. The summed E-state index contributed by atoms with van der Waals surface area (Å²) in [6, 6.07) is 2.40. The van der Waals surface area contributed by atoms with Crippen LogP contribution in [0.5, 0.6) is 0 Å². The van der Waals surface area contributed by atoms with E-state index in [4.69, 9.17) is 4.74 Å². The van der Waals surface area contributed by atoms with Gasteiger partial charge in [-0.1, -0.05) is 31.4 Å². The number of thiophene rings is 1. The molecule has 2 aliphatic carbocycles. The molecule has 3 aliphatic rings. The van der Waals surface area contributed by atoms with Crippen molar-refractivity contribution in [3.8, 4) is 0 Å². The van der Waals surface area contributed by atoms with Gasteiger partial charge in [0.1, 0.15) is 0 Å². The van der Waals surface area contributed by atoms with Gasteiger partial charge in [0.05, 0.1) is 5.56 Å². The molecule has 1 aromatic rings. The number of allylic oxidation sites excluding steroid dienone is 2. The molecule has 4 rings (SSSR count). The maximum atomic E-state index is 12.4. The summed E-state index contributed by atoms with van der Waals surface area (Å²) in [5.41, 5.74) is 0.845. The number of nitrogens with one attached hydrogen (secondary N) is 1. The van der Waals surface area contributed by atoms with Crippen LogP contribution in [0.25, 0.3) is 0 Å². The molecule has 4 heteroatoms. The van der Waals surface area contributed by atoms with Crippen molar-refractivity contribution < 1.29 is 9.53 Å². The Hall–Kier alpha value is -1.13. The van der Waals surface area contributed by atoms with Crippen molar-refractivity contribution >= 4 is 17.2 Å². The predicted molar refractivity (Wildman–Crippen MR) is 102 cm³/mol. The highest BCUT2D eigenvalue weighted by Crippen LogP contribution is 2.51. The first-order valence-corrected chi connectivity index (χ1v) is 10.8. The number of carbonyl (C=O) groups is 1. The van der Waals surface area contributed by atoms with E-state index in [1.807, 2.05) is 5.38 Å². The summed E-state index contributed by atoms with van der Waals surface area (Å²) in [6.45, 7) is 1.52. The molecule has 3 nitrogen and oxygen atoms in total. The third-order valence-electron chi connectivity index (χ3n) is 6.03. The fourth-order valence-electron chi connectivity index (χ4n) is 3.92. The number of hydrogen-bond acceptors (Lipinski definition) is 3. The summed E-state index contributed by atoms with van der Waals surface area (Å²) in [7, 11) is 0. The molecule has 3 fully saturated rings. The molecule has 1 saturated heterocycles. The Labute approximate surface area is 154 Å². The van der Waals surface area contributed by atoms with Gasteiger partial charge in [-0.05, 0) is 55.9 Å². The summed E-state index contributed by atoms with van der Waals surface area (Å²) in [5.74, 6) is 2.54. The molecule has 0 bridgehead atoms. The van der Waals surface area contributed by atoms with Gasteiger partial charge >= 0.3 is 0 Å². The van der Waals surface area contributed by atoms with E-state index >= 15 is 0 Å². The molecule has 0 aromatic carbocycles. The standard InChI is InChI=1S/C21H29NO2S/c23-21(22-18-8-10-24-11-9-18)17-13-20(25-14-17)19-12-16(19)7-2-1-4-15-5-3-6-15/h1-2,13-16,18-19H,3-12H2,(H,22,23). The van der Waals surface area contributed by atoms with Crippen LogP contribution in [0.4, 0.5) is 0 Å². The first kappa shape index (κ1) is 17.3. The van der Waals surface area contributed by atoms with E-state index < -0.39 is 0 Å². The molecule has 2 unspecified atom stereocenters. The number of hydrogen-bond donors (Lipinski definition) is 1. The second kappa shape index (κ2) is 8.05. The molecule has 0 spiro atoms. The highest BCUT2D eigenvalue weighted by Gasteiger charge is 2.38. The first-order chi connectivity index (χ1) is 12.3. The lowest BCUT2D eigenvalue weighted by Gasteiger charge is -2.23. The highest BCUT2D eigenvalue weighted by atomic mass is 32.1. The molecule has 2 saturated carbocycles. The van der Waals surface area contributed by atoms with E-state index in [9.17, 15) is 4.79 Å². The Morgan fingerprint density at radius 3 is 2.76 bits per heavy atom. The van der Waals surface area contributed by atoms with E-state index in [1.54, 1.807) is 11.3 Å². The van der Waals surface area contributed by atoms with E-state index in [2.05, 4.69) is 23.5 Å². The van der Waals surface area contributed by atoms with E-state index in [-0.39, 0.29) is 11.9 Å². The van der Waals surface area contributed by atoms with Gasteiger partial charge in [0.2, 0.25) is 0 Å². The zero-order chi connectivity index (χ0) is 17.1. The molecular formula is C21H29NO2S. The lowest BCUT2D eigenvalue weighted by molar-refractivity contribution is 0.0696. The summed E-state index contributed by atoms with van der Waals surface area (Å²) in [4.78, 5) is 13.8. The van der Waals surface area contributed by atoms with Crippen LogP contribution < -0.4 is 5.32 Å². The van der Waals surface area contributed by atoms with Crippen molar-refractivity contribution in [1.29, 1.82) is 0 Å². The van der Waals surface area contributed by atoms with Crippen LogP contribution in [0.1, 0.15) is 72.5 Å². The monoisotopic (exact) mass is 359 g/mol. The Bertz CT molecular complexity index is 613. The Balaban J connectivity index is 1.22. The molecule has 2 heterocycles. The van der Waals surface area contributed by atoms with E-state index in [0.717, 1.165) is 43.5 Å². The van der Waals surface area contributed by atoms with Gasteiger partial charge in [-0.15, -0.1) is 11.3 Å². The van der Waals surface area contributed by atoms with Crippen LogP contribution >= 0.6 is 11.3 Å². The van der Waals surface area contributed by atoms with Gasteiger partial charge in [-0.3, -0.25) is 4.79 Å². The Kier molecular flexibility index (Phi) is 5.57. The first-order valence-electron chi connectivity index (χ1n) is 9.91. The minimum atomic E-state index is 0.0898. The average Bonchev–Trinajstić information content (AvgIpc) is 3.18. The molecule has 1 N–H and O–H groups in total. The van der Waals surface area contributed by atoms with E-state index in [0.29, 0.717) is 5.92 Å². The van der Waals surface area contributed by atoms with Crippen molar-refractivity contribution in [2.45, 2.75) is 63.3 Å². The van der Waals surface area contributed by atoms with E-state index in [1.165, 1.54) is 43.4 Å². The quantitative estimate of drug-likeness (QED) is 0.703. The molecule has 1 aromatic heterocycles. The topological polar surface area (TPSA) is 38.3 Å². The molecule has 25 heavy (non-hydrogen) atoms. The van der Waals surface area contributed by atoms with Crippen LogP contribution in [0.2, 0.25) is 0 Å². The maximum Gasteiger partial charge on any atom is 0.252 e. The van der Waals surface area contributed by atoms with Gasteiger partial charge in [-0.25, -0.2) is 0 Å². The minimum absolute atomic E-state index is 0.0898. The number of rotatable bonds is 7. The number of carbonyl (C=O) groups excluding carboxylic acids is 1.